The van der Waals surface area contributed by atoms with E-state index in [1.807, 2.05) is 0 Å². The zero-order valence-corrected chi connectivity index (χ0v) is 7.03. The monoisotopic (exact) mass is 189 g/mol. The fraction of sp³-hybridized carbons (Fsp3) is 0.167. The minimum Gasteiger partial charge on any atom is -0.423 e. The van der Waals surface area contributed by atoms with E-state index in [2.05, 4.69) is 4.98 Å². The van der Waals surface area contributed by atoms with Crippen LogP contribution < -0.4 is 5.46 Å². The second-order valence-corrected chi connectivity index (χ2v) is 2.11. The van der Waals surface area contributed by atoms with E-state index >= 15 is 0 Å². The fourth-order valence-corrected chi connectivity index (χ4v) is 0.682. The topological polar surface area (TPSA) is 73.6 Å². The van der Waals surface area contributed by atoms with Crippen LogP contribution in [-0.4, -0.2) is 27.3 Å². The molecule has 12 heavy (non-hydrogen) atoms. The summed E-state index contributed by atoms with van der Waals surface area (Å²) >= 11 is 0. The molecule has 0 bridgehead atoms. The summed E-state index contributed by atoms with van der Waals surface area (Å²) in [4.78, 5) is 3.75. The Labute approximate surface area is 76.4 Å². The summed E-state index contributed by atoms with van der Waals surface area (Å²) in [7, 11) is -1.49. The summed E-state index contributed by atoms with van der Waals surface area (Å²) in [5, 5.41) is 25.9. The first kappa shape index (κ1) is 11.4. The Hall–Kier alpha value is -0.615. The molecule has 0 radical (unpaired) electrons. The Morgan fingerprint density at radius 3 is 2.33 bits per heavy atom. The first-order chi connectivity index (χ1) is 5.24. The van der Waals surface area contributed by atoms with Crippen LogP contribution in [0.25, 0.3) is 0 Å². The molecule has 0 fully saturated rings. The molecule has 0 aromatic carbocycles. The van der Waals surface area contributed by atoms with E-state index in [-0.39, 0.29) is 19.0 Å². The summed E-state index contributed by atoms with van der Waals surface area (Å²) in [5.74, 6) is 0. The molecule has 4 nitrogen and oxygen atoms in total. The number of nitrogens with zero attached hydrogens (tertiary/aromatic N) is 1. The van der Waals surface area contributed by atoms with Gasteiger partial charge in [-0.3, -0.25) is 4.98 Å². The lowest BCUT2D eigenvalue weighted by Crippen LogP contribution is -2.30. The maximum Gasteiger partial charge on any atom is 0.490 e. The maximum atomic E-state index is 8.64. The van der Waals surface area contributed by atoms with E-state index in [1.165, 1.54) is 18.3 Å². The third kappa shape index (κ3) is 2.79. The number of pyridine rings is 1. The number of aliphatic hydroxyl groups excluding tert-OH is 1. The second-order valence-electron chi connectivity index (χ2n) is 2.11. The molecule has 1 heterocycles. The van der Waals surface area contributed by atoms with E-state index < -0.39 is 7.12 Å². The first-order valence-corrected chi connectivity index (χ1v) is 3.16. The Kier molecular flexibility index (Phi) is 4.84. The van der Waals surface area contributed by atoms with Crippen LogP contribution in [0.15, 0.2) is 18.3 Å². The highest BCUT2D eigenvalue weighted by molar-refractivity contribution is 6.58. The van der Waals surface area contributed by atoms with Crippen molar-refractivity contribution in [3.05, 3.63) is 24.0 Å². The Morgan fingerprint density at radius 2 is 2.00 bits per heavy atom. The highest BCUT2D eigenvalue weighted by atomic mass is 35.5. The number of rotatable bonds is 2. The summed E-state index contributed by atoms with van der Waals surface area (Å²) < 4.78 is 0. The van der Waals surface area contributed by atoms with Crippen molar-refractivity contribution in [1.82, 2.24) is 4.98 Å². The van der Waals surface area contributed by atoms with Gasteiger partial charge in [-0.25, -0.2) is 0 Å². The highest BCUT2D eigenvalue weighted by Gasteiger charge is 2.09. The van der Waals surface area contributed by atoms with Gasteiger partial charge in [0.1, 0.15) is 0 Å². The summed E-state index contributed by atoms with van der Waals surface area (Å²) in [6, 6.07) is 3.04. The molecule has 0 aliphatic rings. The van der Waals surface area contributed by atoms with Gasteiger partial charge in [-0.1, -0.05) is 6.07 Å². The van der Waals surface area contributed by atoms with E-state index in [0.29, 0.717) is 11.2 Å². The van der Waals surface area contributed by atoms with Crippen LogP contribution in [0.1, 0.15) is 5.69 Å². The summed E-state index contributed by atoms with van der Waals surface area (Å²) in [5.41, 5.74) is 0.830. The van der Waals surface area contributed by atoms with E-state index in [9.17, 15) is 0 Å². The molecular formula is C6H9BClNO3. The molecule has 1 rings (SSSR count). The van der Waals surface area contributed by atoms with Crippen LogP contribution in [0, 0.1) is 0 Å². The smallest absolute Gasteiger partial charge is 0.423 e. The van der Waals surface area contributed by atoms with Crippen LogP contribution in [0.5, 0.6) is 0 Å². The number of halogens is 1. The minimum absolute atomic E-state index is 0. The van der Waals surface area contributed by atoms with Crippen molar-refractivity contribution in [1.29, 1.82) is 0 Å². The molecular weight excluding hydrogens is 180 g/mol. The van der Waals surface area contributed by atoms with Crippen molar-refractivity contribution in [2.45, 2.75) is 6.61 Å². The molecule has 3 N–H and O–H groups in total. The van der Waals surface area contributed by atoms with Crippen molar-refractivity contribution in [3.8, 4) is 0 Å². The van der Waals surface area contributed by atoms with Gasteiger partial charge in [0.25, 0.3) is 0 Å². The van der Waals surface area contributed by atoms with Crippen molar-refractivity contribution in [2.24, 2.45) is 0 Å². The van der Waals surface area contributed by atoms with Crippen molar-refractivity contribution < 1.29 is 15.2 Å². The number of aromatic nitrogens is 1. The van der Waals surface area contributed by atoms with Crippen LogP contribution in [0.4, 0.5) is 0 Å². The predicted octanol–water partition coefficient (Wildman–Crippen LogP) is -1.32. The molecule has 0 saturated heterocycles. The highest BCUT2D eigenvalue weighted by Crippen LogP contribution is 1.90. The van der Waals surface area contributed by atoms with Crippen LogP contribution in [0.3, 0.4) is 0 Å². The van der Waals surface area contributed by atoms with Crippen LogP contribution in [-0.2, 0) is 6.61 Å². The molecule has 6 heteroatoms. The van der Waals surface area contributed by atoms with Gasteiger partial charge in [-0.15, -0.1) is 12.4 Å². The lowest BCUT2D eigenvalue weighted by molar-refractivity contribution is 0.277. The predicted molar refractivity (Wildman–Crippen MR) is 47.2 cm³/mol. The third-order valence-electron chi connectivity index (χ3n) is 1.31. The molecule has 0 atom stereocenters. The van der Waals surface area contributed by atoms with Crippen molar-refractivity contribution in [3.63, 3.8) is 0 Å². The largest absolute Gasteiger partial charge is 0.490 e. The number of hydrogen-bond acceptors (Lipinski definition) is 4. The van der Waals surface area contributed by atoms with Crippen LogP contribution in [0.2, 0.25) is 0 Å². The molecule has 0 aliphatic heterocycles. The standard InChI is InChI=1S/C6H8BNO3.ClH/c9-4-6-2-1-5(3-8-6)7(10)11;/h1-3,9-11H,4H2;1H. The van der Waals surface area contributed by atoms with Crippen LogP contribution >= 0.6 is 12.4 Å². The van der Waals surface area contributed by atoms with Gasteiger partial charge in [0.05, 0.1) is 12.3 Å². The zero-order chi connectivity index (χ0) is 8.27. The maximum absolute atomic E-state index is 8.64. The van der Waals surface area contributed by atoms with E-state index in [0.717, 1.165) is 0 Å². The zero-order valence-electron chi connectivity index (χ0n) is 6.21. The van der Waals surface area contributed by atoms with Gasteiger partial charge in [0.15, 0.2) is 0 Å². The average Bonchev–Trinajstić information content (AvgIpc) is 2.05. The number of hydrogen-bond donors (Lipinski definition) is 3. The molecule has 0 amide bonds. The Balaban J connectivity index is 0.00000121. The second kappa shape index (κ2) is 5.11. The molecule has 66 valence electrons. The van der Waals surface area contributed by atoms with Gasteiger partial charge in [-0.2, -0.15) is 0 Å². The van der Waals surface area contributed by atoms with Gasteiger partial charge >= 0.3 is 7.12 Å². The SMILES string of the molecule is Cl.OCc1ccc(B(O)O)cn1. The van der Waals surface area contributed by atoms with Crippen molar-refractivity contribution in [2.75, 3.05) is 0 Å². The minimum atomic E-state index is -1.49. The Bertz CT molecular complexity index is 229. The number of aliphatic hydroxyl groups is 1. The molecule has 0 saturated carbocycles. The van der Waals surface area contributed by atoms with E-state index in [1.54, 1.807) is 0 Å². The lowest BCUT2D eigenvalue weighted by atomic mass is 9.82. The quantitative estimate of drug-likeness (QED) is 0.504. The molecule has 1 aromatic rings. The van der Waals surface area contributed by atoms with Gasteiger partial charge < -0.3 is 15.2 Å². The molecule has 0 unspecified atom stereocenters. The Morgan fingerprint density at radius 1 is 1.33 bits per heavy atom. The average molecular weight is 189 g/mol. The fourth-order valence-electron chi connectivity index (χ4n) is 0.682. The third-order valence-corrected chi connectivity index (χ3v) is 1.31. The first-order valence-electron chi connectivity index (χ1n) is 3.16. The lowest BCUT2D eigenvalue weighted by Gasteiger charge is -1.98. The molecule has 0 spiro atoms. The van der Waals surface area contributed by atoms with Gasteiger partial charge in [0.2, 0.25) is 0 Å². The van der Waals surface area contributed by atoms with Gasteiger partial charge in [-0.05, 0) is 6.07 Å². The summed E-state index contributed by atoms with van der Waals surface area (Å²) in [6.45, 7) is -0.137. The molecule has 1 aromatic heterocycles. The van der Waals surface area contributed by atoms with E-state index in [4.69, 9.17) is 15.2 Å². The summed E-state index contributed by atoms with van der Waals surface area (Å²) in [6.07, 6.45) is 1.32. The normalized spacial score (nSPS) is 8.92. The van der Waals surface area contributed by atoms with Gasteiger partial charge in [0, 0.05) is 11.7 Å². The van der Waals surface area contributed by atoms with Crippen molar-refractivity contribution >= 4 is 25.0 Å². The molecule has 0 aliphatic carbocycles.